The molecule has 2 heterocycles. The second-order valence-electron chi connectivity index (χ2n) is 16.6. The number of hydrogen-bond donors (Lipinski definition) is 1. The average molecular weight is 834 g/mol. The molecule has 3 aliphatic rings. The highest BCUT2D eigenvalue weighted by atomic mass is 16.5. The van der Waals surface area contributed by atoms with Crippen molar-refractivity contribution >= 4 is 52.3 Å². The molecule has 0 bridgehead atoms. The zero-order chi connectivity index (χ0) is 44.3. The summed E-state index contributed by atoms with van der Waals surface area (Å²) in [6.07, 6.45) is 10.1. The van der Waals surface area contributed by atoms with Gasteiger partial charge in [0.2, 0.25) is 5.69 Å². The van der Waals surface area contributed by atoms with Gasteiger partial charge in [-0.3, -0.25) is 9.59 Å². The summed E-state index contributed by atoms with van der Waals surface area (Å²) in [5.41, 5.74) is 9.23. The molecule has 0 aromatic heterocycles. The van der Waals surface area contributed by atoms with E-state index in [-0.39, 0.29) is 35.9 Å². The molecule has 11 heteroatoms. The number of carbonyl (C=O) groups is 4. The van der Waals surface area contributed by atoms with Crippen LogP contribution in [0.4, 0.5) is 22.7 Å². The number of anilines is 3. The maximum Gasteiger partial charge on any atom is 0.335 e. The van der Waals surface area contributed by atoms with E-state index < -0.39 is 22.8 Å². The Morgan fingerprint density at radius 3 is 1.98 bits per heavy atom. The van der Waals surface area contributed by atoms with Crippen LogP contribution < -0.4 is 14.9 Å². The van der Waals surface area contributed by atoms with Gasteiger partial charge >= 0.3 is 17.9 Å². The summed E-state index contributed by atoms with van der Waals surface area (Å²) < 4.78 is 12.1. The number of aromatic carboxylic acids is 2. The maximum atomic E-state index is 12.5. The molecular weight excluding hydrogens is 783 g/mol. The first-order valence-electron chi connectivity index (χ1n) is 20.7. The lowest BCUT2D eigenvalue weighted by molar-refractivity contribution is -0.436. The van der Waals surface area contributed by atoms with Crippen LogP contribution >= 0.6 is 0 Å². The summed E-state index contributed by atoms with van der Waals surface area (Å²) in [7, 11) is 2.73. The highest BCUT2D eigenvalue weighted by Gasteiger charge is 2.45. The minimum Gasteiger partial charge on any atom is -0.545 e. The third-order valence-electron chi connectivity index (χ3n) is 12.2. The van der Waals surface area contributed by atoms with E-state index in [4.69, 9.17) is 9.47 Å². The van der Waals surface area contributed by atoms with Gasteiger partial charge in [0.25, 0.3) is 0 Å². The fourth-order valence-corrected chi connectivity index (χ4v) is 8.95. The number of carbonyl (C=O) groups excluding carboxylic acids is 3. The molecule has 0 spiro atoms. The third kappa shape index (κ3) is 8.22. The van der Waals surface area contributed by atoms with Crippen molar-refractivity contribution in [2.45, 2.75) is 64.2 Å². The Kier molecular flexibility index (Phi) is 12.2. The Balaban J connectivity index is 1.41. The van der Waals surface area contributed by atoms with Gasteiger partial charge in [-0.1, -0.05) is 62.4 Å². The molecular formula is C51H51N3O8. The van der Waals surface area contributed by atoms with Crippen molar-refractivity contribution in [3.8, 4) is 0 Å². The number of para-hydroxylation sites is 2. The Morgan fingerprint density at radius 1 is 0.758 bits per heavy atom. The molecule has 0 saturated carbocycles. The normalized spacial score (nSPS) is 17.5. The first-order valence-corrected chi connectivity index (χ1v) is 20.7. The summed E-state index contributed by atoms with van der Waals surface area (Å²) >= 11 is 0. The molecule has 0 fully saturated rings. The number of fused-ring (bicyclic) bond motifs is 2. The minimum atomic E-state index is -1.26. The third-order valence-corrected chi connectivity index (χ3v) is 12.2. The van der Waals surface area contributed by atoms with Gasteiger partial charge in [-0.2, -0.15) is 4.58 Å². The average Bonchev–Trinajstić information content (AvgIpc) is 3.83. The van der Waals surface area contributed by atoms with Crippen LogP contribution in [-0.4, -0.2) is 66.6 Å². The summed E-state index contributed by atoms with van der Waals surface area (Å²) in [6.45, 7) is 8.92. The molecule has 1 N–H and O–H groups in total. The number of benzene rings is 4. The Morgan fingerprint density at radius 2 is 1.37 bits per heavy atom. The Bertz CT molecular complexity index is 2560. The van der Waals surface area contributed by atoms with Gasteiger partial charge in [0, 0.05) is 52.4 Å². The fraction of sp³-hybridized carbons (Fsp3) is 0.275. The minimum absolute atomic E-state index is 0.0840. The smallest absolute Gasteiger partial charge is 0.335 e. The summed E-state index contributed by atoms with van der Waals surface area (Å²) in [5.74, 6) is -2.96. The SMILES string of the molecule is COC(=O)CCN1/C(=C/C=C2\CCC(/C=C/C3=[N+](CCC(=O)OC)c4ccc(C(=O)[O-])cc4C3(C)C)=C2N(c2ccccc2)c2ccccc2)C(C)(C)c2cc(C(=O)O)ccc21. The fourth-order valence-electron chi connectivity index (χ4n) is 8.95. The van der Waals surface area contributed by atoms with E-state index in [0.29, 0.717) is 25.9 Å². The second-order valence-corrected chi connectivity index (χ2v) is 16.6. The van der Waals surface area contributed by atoms with Crippen molar-refractivity contribution in [2.24, 2.45) is 0 Å². The molecule has 0 amide bonds. The van der Waals surface area contributed by atoms with Crippen LogP contribution in [0.5, 0.6) is 0 Å². The number of carboxylic acids is 2. The van der Waals surface area contributed by atoms with Crippen LogP contribution in [0.3, 0.4) is 0 Å². The number of allylic oxidation sites excluding steroid dienone is 7. The molecule has 0 radical (unpaired) electrons. The highest BCUT2D eigenvalue weighted by molar-refractivity contribution is 6.04. The predicted octanol–water partition coefficient (Wildman–Crippen LogP) is 8.30. The lowest BCUT2D eigenvalue weighted by atomic mass is 9.80. The topological polar surface area (TPSA) is 140 Å². The molecule has 62 heavy (non-hydrogen) atoms. The Labute approximate surface area is 362 Å². The molecule has 4 aromatic rings. The zero-order valence-corrected chi connectivity index (χ0v) is 35.9. The summed E-state index contributed by atoms with van der Waals surface area (Å²) in [5, 5.41) is 21.9. The van der Waals surface area contributed by atoms with Gasteiger partial charge in [0.15, 0.2) is 12.3 Å². The van der Waals surface area contributed by atoms with Gasteiger partial charge < -0.3 is 34.3 Å². The van der Waals surface area contributed by atoms with E-state index in [1.165, 1.54) is 20.3 Å². The highest BCUT2D eigenvalue weighted by Crippen LogP contribution is 2.49. The molecule has 0 unspecified atom stereocenters. The second kappa shape index (κ2) is 17.5. The van der Waals surface area contributed by atoms with E-state index in [1.807, 2.05) is 42.5 Å². The molecule has 0 saturated heterocycles. The van der Waals surface area contributed by atoms with Crippen molar-refractivity contribution < 1.29 is 43.4 Å². The van der Waals surface area contributed by atoms with Crippen molar-refractivity contribution in [1.82, 2.24) is 0 Å². The molecule has 1 aliphatic carbocycles. The van der Waals surface area contributed by atoms with Crippen LogP contribution in [0.25, 0.3) is 0 Å². The molecule has 318 valence electrons. The van der Waals surface area contributed by atoms with Gasteiger partial charge in [0.1, 0.15) is 6.42 Å². The van der Waals surface area contributed by atoms with Gasteiger partial charge in [-0.05, 0) is 110 Å². The number of ether oxygens (including phenoxy) is 2. The number of carboxylic acid groups (broad SMARTS) is 2. The number of esters is 2. The maximum absolute atomic E-state index is 12.5. The summed E-state index contributed by atoms with van der Waals surface area (Å²) in [6, 6.07) is 30.5. The molecule has 11 nitrogen and oxygen atoms in total. The van der Waals surface area contributed by atoms with Crippen molar-refractivity contribution in [3.05, 3.63) is 166 Å². The van der Waals surface area contributed by atoms with Crippen molar-refractivity contribution in [3.63, 3.8) is 0 Å². The quantitative estimate of drug-likeness (QED) is 0.0975. The van der Waals surface area contributed by atoms with Crippen LogP contribution in [0, 0.1) is 0 Å². The van der Waals surface area contributed by atoms with E-state index in [0.717, 1.165) is 62.1 Å². The monoisotopic (exact) mass is 833 g/mol. The molecule has 0 atom stereocenters. The zero-order valence-electron chi connectivity index (χ0n) is 35.9. The van der Waals surface area contributed by atoms with Crippen LogP contribution in [-0.2, 0) is 29.9 Å². The molecule has 2 aliphatic heterocycles. The first kappa shape index (κ1) is 43.1. The number of nitrogens with zero attached hydrogens (tertiary/aromatic N) is 3. The van der Waals surface area contributed by atoms with Crippen molar-refractivity contribution in [2.75, 3.05) is 37.1 Å². The summed E-state index contributed by atoms with van der Waals surface area (Å²) in [4.78, 5) is 53.3. The lowest BCUT2D eigenvalue weighted by Crippen LogP contribution is -2.29. The van der Waals surface area contributed by atoms with E-state index >= 15 is 0 Å². The van der Waals surface area contributed by atoms with E-state index in [9.17, 15) is 29.4 Å². The number of hydrogen-bond acceptors (Lipinski definition) is 9. The first-order chi connectivity index (χ1) is 29.7. The van der Waals surface area contributed by atoms with Gasteiger partial charge in [0.05, 0.1) is 43.3 Å². The van der Waals surface area contributed by atoms with E-state index in [1.54, 1.807) is 24.3 Å². The lowest BCUT2D eigenvalue weighted by Gasteiger charge is -2.29. The number of rotatable bonds is 14. The molecule has 4 aromatic carbocycles. The van der Waals surface area contributed by atoms with E-state index in [2.05, 4.69) is 90.6 Å². The predicted molar refractivity (Wildman–Crippen MR) is 237 cm³/mol. The van der Waals surface area contributed by atoms with Crippen molar-refractivity contribution in [1.29, 1.82) is 0 Å². The Hall–Kier alpha value is -7.01. The number of methoxy groups -OCH3 is 2. The van der Waals surface area contributed by atoms with Crippen LogP contribution in [0.15, 0.2) is 144 Å². The van der Waals surface area contributed by atoms with Gasteiger partial charge in [-0.15, -0.1) is 0 Å². The molecule has 7 rings (SSSR count). The largest absolute Gasteiger partial charge is 0.545 e. The van der Waals surface area contributed by atoms with Crippen LogP contribution in [0.2, 0.25) is 0 Å². The standard InChI is InChI=1S/C51H51N3O8/c1-50(2)39-31-35(48(57)58)19-23-41(39)52(29-27-45(55)61-5)43(50)25-21-33-17-18-34(47(33)54(37-13-9-7-10-14-37)38-15-11-8-12-16-38)22-26-44-51(3,4)40-32-36(49(59)60)20-24-42(40)53(44)30-28-46(56)62-6/h7-16,19-26,31-32H,17-18,27-30H2,1-6H3,(H-,57,58,59,60). The van der Waals surface area contributed by atoms with Gasteiger partial charge in [-0.25, -0.2) is 4.79 Å². The van der Waals surface area contributed by atoms with Crippen LogP contribution in [0.1, 0.15) is 85.2 Å².